The average Bonchev–Trinajstić information content (AvgIpc) is 2.74. The van der Waals surface area contributed by atoms with Crippen LogP contribution < -0.4 is 5.32 Å². The third-order valence-electron chi connectivity index (χ3n) is 2.52. The minimum Gasteiger partial charge on any atom is -0.356 e. The van der Waals surface area contributed by atoms with Gasteiger partial charge in [0, 0.05) is 24.2 Å². The van der Waals surface area contributed by atoms with Crippen LogP contribution in [0.5, 0.6) is 0 Å². The van der Waals surface area contributed by atoms with Gasteiger partial charge in [-0.1, -0.05) is 19.0 Å². The number of rotatable bonds is 4. The van der Waals surface area contributed by atoms with Gasteiger partial charge < -0.3 is 9.84 Å². The van der Waals surface area contributed by atoms with Crippen LogP contribution in [0.4, 0.5) is 8.78 Å². The molecule has 0 bridgehead atoms. The minimum absolute atomic E-state index is 0.217. The van der Waals surface area contributed by atoms with Crippen molar-refractivity contribution in [2.45, 2.75) is 26.4 Å². The third-order valence-corrected chi connectivity index (χ3v) is 2.52. The second-order valence-electron chi connectivity index (χ2n) is 4.34. The minimum atomic E-state index is -0.655. The topological polar surface area (TPSA) is 38.1 Å². The first-order valence-corrected chi connectivity index (χ1v) is 5.70. The highest BCUT2D eigenvalue weighted by molar-refractivity contribution is 5.61. The molecular formula is C13H14F2N2O. The normalized spacial score (nSPS) is 11.2. The van der Waals surface area contributed by atoms with E-state index in [0.29, 0.717) is 18.3 Å². The van der Waals surface area contributed by atoms with Gasteiger partial charge in [-0.15, -0.1) is 0 Å². The number of nitrogens with zero attached hydrogens (tertiary/aromatic N) is 1. The number of aromatic nitrogens is 1. The second-order valence-corrected chi connectivity index (χ2v) is 4.34. The highest BCUT2D eigenvalue weighted by atomic mass is 19.1. The molecular weight excluding hydrogens is 238 g/mol. The maximum Gasteiger partial charge on any atom is 0.174 e. The van der Waals surface area contributed by atoms with Gasteiger partial charge in [0.15, 0.2) is 5.76 Å². The van der Waals surface area contributed by atoms with Gasteiger partial charge in [-0.05, 0) is 12.1 Å². The Kier molecular flexibility index (Phi) is 3.72. The molecule has 0 amide bonds. The molecule has 0 atom stereocenters. The Morgan fingerprint density at radius 1 is 1.33 bits per heavy atom. The van der Waals surface area contributed by atoms with Crippen LogP contribution in [0.3, 0.4) is 0 Å². The Bertz CT molecular complexity index is 538. The van der Waals surface area contributed by atoms with E-state index >= 15 is 0 Å². The van der Waals surface area contributed by atoms with Gasteiger partial charge in [-0.25, -0.2) is 8.78 Å². The first-order chi connectivity index (χ1) is 8.58. The monoisotopic (exact) mass is 252 g/mol. The van der Waals surface area contributed by atoms with Crippen LogP contribution >= 0.6 is 0 Å². The molecule has 5 heteroatoms. The molecule has 3 nitrogen and oxygen atoms in total. The van der Waals surface area contributed by atoms with Crippen LogP contribution in [0, 0.1) is 11.6 Å². The van der Waals surface area contributed by atoms with Gasteiger partial charge in [0.1, 0.15) is 11.6 Å². The molecule has 96 valence electrons. The molecule has 2 rings (SSSR count). The number of nitrogens with one attached hydrogen (secondary N) is 1. The van der Waals surface area contributed by atoms with Crippen LogP contribution in [-0.4, -0.2) is 11.2 Å². The third kappa shape index (κ3) is 2.73. The van der Waals surface area contributed by atoms with E-state index in [2.05, 4.69) is 10.5 Å². The fourth-order valence-corrected chi connectivity index (χ4v) is 1.60. The molecule has 0 unspecified atom stereocenters. The Labute approximate surface area is 104 Å². The summed E-state index contributed by atoms with van der Waals surface area (Å²) in [5.74, 6) is -0.934. The van der Waals surface area contributed by atoms with Crippen LogP contribution in [0.25, 0.3) is 11.3 Å². The maximum absolute atomic E-state index is 13.6. The summed E-state index contributed by atoms with van der Waals surface area (Å²) in [5, 5.41) is 6.86. The molecule has 0 aliphatic carbocycles. The SMILES string of the molecule is CC(C)NCc1cnoc1-c1ccc(F)cc1F. The lowest BCUT2D eigenvalue weighted by Crippen LogP contribution is -2.21. The number of halogens is 2. The molecule has 18 heavy (non-hydrogen) atoms. The van der Waals surface area contributed by atoms with Crippen molar-refractivity contribution in [3.05, 3.63) is 41.6 Å². The molecule has 1 heterocycles. The van der Waals surface area contributed by atoms with Crippen molar-refractivity contribution >= 4 is 0 Å². The van der Waals surface area contributed by atoms with E-state index in [9.17, 15) is 8.78 Å². The van der Waals surface area contributed by atoms with E-state index in [1.165, 1.54) is 18.3 Å². The van der Waals surface area contributed by atoms with Crippen molar-refractivity contribution in [3.8, 4) is 11.3 Å². The van der Waals surface area contributed by atoms with Crippen molar-refractivity contribution in [1.29, 1.82) is 0 Å². The number of hydrogen-bond acceptors (Lipinski definition) is 3. The van der Waals surface area contributed by atoms with Gasteiger partial charge in [0.05, 0.1) is 11.8 Å². The quantitative estimate of drug-likeness (QED) is 0.908. The van der Waals surface area contributed by atoms with Gasteiger partial charge in [-0.2, -0.15) is 0 Å². The van der Waals surface area contributed by atoms with Gasteiger partial charge >= 0.3 is 0 Å². The summed E-state index contributed by atoms with van der Waals surface area (Å²) in [6, 6.07) is 3.67. The van der Waals surface area contributed by atoms with Crippen LogP contribution in [0.15, 0.2) is 28.9 Å². The molecule has 0 fully saturated rings. The zero-order valence-corrected chi connectivity index (χ0v) is 10.2. The molecule has 1 N–H and O–H groups in total. The van der Waals surface area contributed by atoms with Crippen LogP contribution in [0.1, 0.15) is 19.4 Å². The zero-order chi connectivity index (χ0) is 13.1. The summed E-state index contributed by atoms with van der Waals surface area (Å²) in [5.41, 5.74) is 0.962. The van der Waals surface area contributed by atoms with E-state index in [-0.39, 0.29) is 5.56 Å². The van der Waals surface area contributed by atoms with E-state index in [1.807, 2.05) is 13.8 Å². The van der Waals surface area contributed by atoms with E-state index < -0.39 is 11.6 Å². The summed E-state index contributed by atoms with van der Waals surface area (Å²) in [4.78, 5) is 0. The van der Waals surface area contributed by atoms with E-state index in [1.54, 1.807) is 0 Å². The van der Waals surface area contributed by atoms with Gasteiger partial charge in [0.25, 0.3) is 0 Å². The second kappa shape index (κ2) is 5.27. The molecule has 1 aromatic heterocycles. The average molecular weight is 252 g/mol. The lowest BCUT2D eigenvalue weighted by Gasteiger charge is -2.07. The maximum atomic E-state index is 13.6. The molecule has 0 saturated carbocycles. The predicted octanol–water partition coefficient (Wildman–Crippen LogP) is 3.12. The fraction of sp³-hybridized carbons (Fsp3) is 0.308. The van der Waals surface area contributed by atoms with E-state index in [0.717, 1.165) is 11.6 Å². The molecule has 0 saturated heterocycles. The number of benzene rings is 1. The van der Waals surface area contributed by atoms with Crippen LogP contribution in [0.2, 0.25) is 0 Å². The largest absolute Gasteiger partial charge is 0.356 e. The van der Waals surface area contributed by atoms with Gasteiger partial charge in [0.2, 0.25) is 0 Å². The highest BCUT2D eigenvalue weighted by Crippen LogP contribution is 2.26. The standard InChI is InChI=1S/C13H14F2N2O/c1-8(2)16-6-9-7-17-18-13(9)11-4-3-10(14)5-12(11)15/h3-5,7-8,16H,6H2,1-2H3. The summed E-state index contributed by atoms with van der Waals surface area (Å²) in [7, 11) is 0. The Hall–Kier alpha value is -1.75. The molecule has 1 aromatic carbocycles. The molecule has 0 aliphatic heterocycles. The summed E-state index contributed by atoms with van der Waals surface area (Å²) >= 11 is 0. The number of hydrogen-bond donors (Lipinski definition) is 1. The molecule has 2 aromatic rings. The summed E-state index contributed by atoms with van der Waals surface area (Å²) in [6.45, 7) is 4.53. The van der Waals surface area contributed by atoms with Crippen molar-refractivity contribution in [1.82, 2.24) is 10.5 Å². The van der Waals surface area contributed by atoms with Crippen molar-refractivity contribution in [2.75, 3.05) is 0 Å². The van der Waals surface area contributed by atoms with Crippen molar-refractivity contribution in [3.63, 3.8) is 0 Å². The molecule has 0 aliphatic rings. The smallest absolute Gasteiger partial charge is 0.174 e. The summed E-state index contributed by atoms with van der Waals surface area (Å²) in [6.07, 6.45) is 1.54. The first kappa shape index (κ1) is 12.7. The zero-order valence-electron chi connectivity index (χ0n) is 10.2. The fourth-order valence-electron chi connectivity index (χ4n) is 1.60. The predicted molar refractivity (Wildman–Crippen MR) is 63.8 cm³/mol. The lowest BCUT2D eigenvalue weighted by molar-refractivity contribution is 0.428. The van der Waals surface area contributed by atoms with Crippen molar-refractivity contribution < 1.29 is 13.3 Å². The Morgan fingerprint density at radius 2 is 2.11 bits per heavy atom. The first-order valence-electron chi connectivity index (χ1n) is 5.70. The van der Waals surface area contributed by atoms with Crippen molar-refractivity contribution in [2.24, 2.45) is 0 Å². The summed E-state index contributed by atoms with van der Waals surface area (Å²) < 4.78 is 31.5. The Balaban J connectivity index is 2.30. The van der Waals surface area contributed by atoms with Gasteiger partial charge in [-0.3, -0.25) is 0 Å². The Morgan fingerprint density at radius 3 is 2.78 bits per heavy atom. The molecule has 0 spiro atoms. The molecule has 0 radical (unpaired) electrons. The van der Waals surface area contributed by atoms with E-state index in [4.69, 9.17) is 4.52 Å². The highest BCUT2D eigenvalue weighted by Gasteiger charge is 2.15. The lowest BCUT2D eigenvalue weighted by atomic mass is 10.1. The van der Waals surface area contributed by atoms with Crippen LogP contribution in [-0.2, 0) is 6.54 Å².